The second-order valence-electron chi connectivity index (χ2n) is 8.03. The lowest BCUT2D eigenvalue weighted by molar-refractivity contribution is -0.119. The second-order valence-corrected chi connectivity index (χ2v) is 8.46. The number of anilines is 2. The van der Waals surface area contributed by atoms with Crippen molar-refractivity contribution in [2.75, 3.05) is 43.4 Å². The number of piperazine rings is 1. The molecule has 2 N–H and O–H groups in total. The minimum atomic E-state index is -0.662. The van der Waals surface area contributed by atoms with Gasteiger partial charge in [0.2, 0.25) is 5.91 Å². The van der Waals surface area contributed by atoms with Crippen molar-refractivity contribution in [1.29, 1.82) is 0 Å². The first-order valence-electron chi connectivity index (χ1n) is 10.6. The predicted molar refractivity (Wildman–Crippen MR) is 125 cm³/mol. The zero-order valence-electron chi connectivity index (χ0n) is 18.3. The molecule has 2 atom stereocenters. The third kappa shape index (κ3) is 6.18. The lowest BCUT2D eigenvalue weighted by atomic mass is 9.97. The molecule has 0 spiro atoms. The summed E-state index contributed by atoms with van der Waals surface area (Å²) in [4.78, 5) is 34.6. The Morgan fingerprint density at radius 3 is 2.35 bits per heavy atom. The molecular formula is C23H30ClN5O2. The Kier molecular flexibility index (Phi) is 7.87. The van der Waals surface area contributed by atoms with E-state index in [1.807, 2.05) is 26.0 Å². The molecule has 0 saturated carbocycles. The molecule has 3 rings (SSSR count). The summed E-state index contributed by atoms with van der Waals surface area (Å²) >= 11 is 5.90. The van der Waals surface area contributed by atoms with Crippen molar-refractivity contribution in [2.24, 2.45) is 5.92 Å². The van der Waals surface area contributed by atoms with Gasteiger partial charge in [0.05, 0.1) is 11.9 Å². The van der Waals surface area contributed by atoms with Crippen molar-refractivity contribution < 1.29 is 9.59 Å². The van der Waals surface area contributed by atoms with Crippen molar-refractivity contribution in [3.8, 4) is 0 Å². The highest BCUT2D eigenvalue weighted by molar-refractivity contribution is 6.30. The number of carbonyl (C=O) groups excluding carboxylic acids is 2. The Morgan fingerprint density at radius 2 is 1.77 bits per heavy atom. The molecule has 0 bridgehead atoms. The van der Waals surface area contributed by atoms with Gasteiger partial charge in [-0.15, -0.1) is 0 Å². The van der Waals surface area contributed by atoms with Crippen LogP contribution in [0.4, 0.5) is 11.5 Å². The molecule has 2 aromatic rings. The van der Waals surface area contributed by atoms with E-state index >= 15 is 0 Å². The number of nitrogens with zero attached hydrogens (tertiary/aromatic N) is 3. The average molecular weight is 444 g/mol. The molecule has 1 aliphatic rings. The zero-order valence-corrected chi connectivity index (χ0v) is 19.0. The Labute approximate surface area is 188 Å². The Bertz CT molecular complexity index is 880. The lowest BCUT2D eigenvalue weighted by Gasteiger charge is -2.33. The third-order valence-corrected chi connectivity index (χ3v) is 5.98. The summed E-state index contributed by atoms with van der Waals surface area (Å²) in [5.41, 5.74) is 1.07. The van der Waals surface area contributed by atoms with Crippen LogP contribution in [0.5, 0.6) is 0 Å². The fraction of sp³-hybridized carbons (Fsp3) is 0.435. The number of likely N-dealkylation sites (N-methyl/N-ethyl adjacent to an activating group) is 1. The molecule has 1 fully saturated rings. The highest BCUT2D eigenvalue weighted by Gasteiger charge is 2.26. The van der Waals surface area contributed by atoms with Crippen molar-refractivity contribution >= 4 is 34.9 Å². The normalized spacial score (nSPS) is 16.5. The fourth-order valence-electron chi connectivity index (χ4n) is 3.43. The molecular weight excluding hydrogens is 414 g/mol. The van der Waals surface area contributed by atoms with Gasteiger partial charge < -0.3 is 20.4 Å². The summed E-state index contributed by atoms with van der Waals surface area (Å²) < 4.78 is 0. The van der Waals surface area contributed by atoms with Crippen LogP contribution >= 0.6 is 11.6 Å². The molecule has 1 saturated heterocycles. The minimum absolute atomic E-state index is 0.0335. The maximum absolute atomic E-state index is 13.0. The van der Waals surface area contributed by atoms with Crippen LogP contribution < -0.4 is 15.5 Å². The first kappa shape index (κ1) is 23.0. The molecule has 0 radical (unpaired) electrons. The van der Waals surface area contributed by atoms with E-state index in [2.05, 4.69) is 32.5 Å². The quantitative estimate of drug-likeness (QED) is 0.686. The number of carbonyl (C=O) groups is 2. The first-order chi connectivity index (χ1) is 14.9. The van der Waals surface area contributed by atoms with Gasteiger partial charge in [-0.05, 0) is 49.4 Å². The number of nitrogens with one attached hydrogen (secondary N) is 2. The summed E-state index contributed by atoms with van der Waals surface area (Å²) in [5.74, 6) is 0.306. The van der Waals surface area contributed by atoms with Crippen LogP contribution in [0, 0.1) is 5.92 Å². The van der Waals surface area contributed by atoms with Gasteiger partial charge in [-0.1, -0.05) is 31.9 Å². The third-order valence-electron chi connectivity index (χ3n) is 5.73. The average Bonchev–Trinajstić information content (AvgIpc) is 2.78. The highest BCUT2D eigenvalue weighted by Crippen LogP contribution is 2.18. The molecule has 0 unspecified atom stereocenters. The summed E-state index contributed by atoms with van der Waals surface area (Å²) in [6.07, 6.45) is 2.42. The zero-order chi connectivity index (χ0) is 22.4. The molecule has 7 nitrogen and oxygen atoms in total. The number of rotatable bonds is 7. The predicted octanol–water partition coefficient (Wildman–Crippen LogP) is 3.27. The molecule has 2 amide bonds. The molecule has 2 heterocycles. The van der Waals surface area contributed by atoms with Gasteiger partial charge in [0.15, 0.2) is 0 Å². The number of halogens is 1. The van der Waals surface area contributed by atoms with E-state index in [4.69, 9.17) is 11.6 Å². The van der Waals surface area contributed by atoms with E-state index < -0.39 is 6.04 Å². The van der Waals surface area contributed by atoms with Crippen molar-refractivity contribution in [3.63, 3.8) is 0 Å². The molecule has 1 aliphatic heterocycles. The second kappa shape index (κ2) is 10.6. The summed E-state index contributed by atoms with van der Waals surface area (Å²) in [7, 11) is 2.11. The van der Waals surface area contributed by atoms with Crippen LogP contribution in [0.15, 0.2) is 42.6 Å². The van der Waals surface area contributed by atoms with Crippen molar-refractivity contribution in [3.05, 3.63) is 53.2 Å². The van der Waals surface area contributed by atoms with Gasteiger partial charge >= 0.3 is 0 Å². The number of amides is 2. The minimum Gasteiger partial charge on any atom is -0.354 e. The van der Waals surface area contributed by atoms with Gasteiger partial charge in [-0.3, -0.25) is 9.59 Å². The van der Waals surface area contributed by atoms with E-state index in [0.29, 0.717) is 16.3 Å². The number of aromatic nitrogens is 1. The molecule has 8 heteroatoms. The van der Waals surface area contributed by atoms with E-state index in [1.54, 1.807) is 30.5 Å². The van der Waals surface area contributed by atoms with Crippen molar-refractivity contribution in [2.45, 2.75) is 26.3 Å². The van der Waals surface area contributed by atoms with Gasteiger partial charge in [0.1, 0.15) is 11.9 Å². The Balaban J connectivity index is 1.64. The number of benzene rings is 1. The van der Waals surface area contributed by atoms with Crippen LogP contribution in [0.25, 0.3) is 0 Å². The lowest BCUT2D eigenvalue weighted by Crippen LogP contribution is -2.47. The largest absolute Gasteiger partial charge is 0.354 e. The number of hydrogen-bond donors (Lipinski definition) is 2. The van der Waals surface area contributed by atoms with Crippen LogP contribution in [-0.4, -0.2) is 61.0 Å². The number of hydrogen-bond acceptors (Lipinski definition) is 5. The topological polar surface area (TPSA) is 77.6 Å². The monoisotopic (exact) mass is 443 g/mol. The van der Waals surface area contributed by atoms with Crippen LogP contribution in [0.1, 0.15) is 30.6 Å². The van der Waals surface area contributed by atoms with E-state index in [9.17, 15) is 9.59 Å². The highest BCUT2D eigenvalue weighted by atomic mass is 35.5. The summed E-state index contributed by atoms with van der Waals surface area (Å²) in [6, 6.07) is 9.71. The first-order valence-corrected chi connectivity index (χ1v) is 11.0. The van der Waals surface area contributed by atoms with E-state index in [-0.39, 0.29) is 17.7 Å². The molecule has 1 aromatic heterocycles. The Morgan fingerprint density at radius 1 is 1.10 bits per heavy atom. The molecule has 166 valence electrons. The number of pyridine rings is 1. The molecule has 31 heavy (non-hydrogen) atoms. The maximum Gasteiger partial charge on any atom is 0.251 e. The van der Waals surface area contributed by atoms with Gasteiger partial charge in [0.25, 0.3) is 5.91 Å². The summed E-state index contributed by atoms with van der Waals surface area (Å²) in [5, 5.41) is 6.32. The Hall–Kier alpha value is -2.64. The van der Waals surface area contributed by atoms with Crippen LogP contribution in [0.3, 0.4) is 0 Å². The van der Waals surface area contributed by atoms with Gasteiger partial charge in [0, 0.05) is 36.8 Å². The molecule has 1 aromatic carbocycles. The van der Waals surface area contributed by atoms with Crippen LogP contribution in [0.2, 0.25) is 5.02 Å². The van der Waals surface area contributed by atoms with Gasteiger partial charge in [-0.2, -0.15) is 0 Å². The standard InChI is InChI=1S/C23H30ClN5O2/c1-4-16(2)21(27-22(30)17-5-7-18(24)8-6-17)23(31)26-19-9-10-20(25-15-19)29-13-11-28(3)12-14-29/h5-10,15-16,21H,4,11-14H2,1-3H3,(H,26,31)(H,27,30)/t16-,21+/m1/s1. The SMILES string of the molecule is CC[C@@H](C)[C@H](NC(=O)c1ccc(Cl)cc1)C(=O)Nc1ccc(N2CCN(C)CC2)nc1. The van der Waals surface area contributed by atoms with E-state index in [0.717, 1.165) is 38.4 Å². The smallest absolute Gasteiger partial charge is 0.251 e. The van der Waals surface area contributed by atoms with E-state index in [1.165, 1.54) is 0 Å². The maximum atomic E-state index is 13.0. The van der Waals surface area contributed by atoms with Gasteiger partial charge in [-0.25, -0.2) is 4.98 Å². The van der Waals surface area contributed by atoms with Crippen molar-refractivity contribution in [1.82, 2.24) is 15.2 Å². The summed E-state index contributed by atoms with van der Waals surface area (Å²) in [6.45, 7) is 7.81. The molecule has 0 aliphatic carbocycles. The fourth-order valence-corrected chi connectivity index (χ4v) is 3.56. The van der Waals surface area contributed by atoms with Crippen LogP contribution in [-0.2, 0) is 4.79 Å².